The van der Waals surface area contributed by atoms with Gasteiger partial charge in [-0.25, -0.2) is 0 Å². The van der Waals surface area contributed by atoms with E-state index in [1.807, 2.05) is 0 Å². The Morgan fingerprint density at radius 1 is 1.11 bits per heavy atom. The van der Waals surface area contributed by atoms with Gasteiger partial charge in [-0.2, -0.15) is 17.0 Å². The van der Waals surface area contributed by atoms with Crippen LogP contribution in [0.2, 0.25) is 0 Å². The number of piperidine rings is 1. The first-order valence-electron chi connectivity index (χ1n) is 6.76. The molecule has 104 valence electrons. The van der Waals surface area contributed by atoms with E-state index in [1.165, 1.54) is 4.31 Å². The summed E-state index contributed by atoms with van der Waals surface area (Å²) in [6, 6.07) is -0.00498. The molecule has 1 heterocycles. The number of carbonyl (C=O) groups excluding carboxylic acids is 1. The van der Waals surface area contributed by atoms with Crippen molar-refractivity contribution in [2.24, 2.45) is 0 Å². The lowest BCUT2D eigenvalue weighted by molar-refractivity contribution is -0.120. The first-order valence-corrected chi connectivity index (χ1v) is 8.16. The molecule has 0 radical (unpaired) electrons. The monoisotopic (exact) mass is 274 g/mol. The van der Waals surface area contributed by atoms with Crippen LogP contribution in [0.25, 0.3) is 0 Å². The van der Waals surface area contributed by atoms with E-state index in [-0.39, 0.29) is 11.8 Å². The lowest BCUT2D eigenvalue weighted by atomic mass is 9.95. The van der Waals surface area contributed by atoms with Gasteiger partial charge in [-0.15, -0.1) is 0 Å². The molecule has 1 aliphatic heterocycles. The lowest BCUT2D eigenvalue weighted by Crippen LogP contribution is -2.49. The molecule has 0 aromatic rings. The van der Waals surface area contributed by atoms with Crippen LogP contribution in [0.5, 0.6) is 0 Å². The van der Waals surface area contributed by atoms with Crippen molar-refractivity contribution in [2.75, 3.05) is 20.1 Å². The molecule has 5 nitrogen and oxygen atoms in total. The average molecular weight is 274 g/mol. The summed E-state index contributed by atoms with van der Waals surface area (Å²) in [6.45, 7) is 1.27. The van der Waals surface area contributed by atoms with Crippen molar-refractivity contribution < 1.29 is 13.2 Å². The predicted molar refractivity (Wildman–Crippen MR) is 69.4 cm³/mol. The standard InChI is InChI=1S/C12H22N2O3S/c1-13(11-5-7-12(15)8-6-11)18(16,17)14-9-3-2-4-10-14/h11H,2-10H2,1H3. The van der Waals surface area contributed by atoms with E-state index in [2.05, 4.69) is 0 Å². The van der Waals surface area contributed by atoms with Crippen molar-refractivity contribution in [2.45, 2.75) is 51.0 Å². The van der Waals surface area contributed by atoms with Crippen molar-refractivity contribution in [3.8, 4) is 0 Å². The van der Waals surface area contributed by atoms with Gasteiger partial charge in [-0.3, -0.25) is 4.79 Å². The Labute approximate surface area is 109 Å². The molecule has 2 rings (SSSR count). The van der Waals surface area contributed by atoms with Gasteiger partial charge >= 0.3 is 0 Å². The number of hydrogen-bond acceptors (Lipinski definition) is 3. The molecule has 0 spiro atoms. The molecule has 0 unspecified atom stereocenters. The highest BCUT2D eigenvalue weighted by Crippen LogP contribution is 2.24. The minimum atomic E-state index is -3.32. The third kappa shape index (κ3) is 2.92. The number of Topliss-reactive ketones (excluding diaryl/α,β-unsaturated/α-hetero) is 1. The van der Waals surface area contributed by atoms with Crippen LogP contribution in [0.3, 0.4) is 0 Å². The van der Waals surface area contributed by atoms with Crippen LogP contribution in [-0.2, 0) is 15.0 Å². The van der Waals surface area contributed by atoms with E-state index in [4.69, 9.17) is 0 Å². The van der Waals surface area contributed by atoms with Gasteiger partial charge < -0.3 is 0 Å². The second-order valence-corrected chi connectivity index (χ2v) is 7.24. The van der Waals surface area contributed by atoms with Gasteiger partial charge in [0.15, 0.2) is 0 Å². The van der Waals surface area contributed by atoms with Gasteiger partial charge in [0, 0.05) is 39.0 Å². The predicted octanol–water partition coefficient (Wildman–Crippen LogP) is 1.16. The minimum Gasteiger partial charge on any atom is -0.300 e. The lowest BCUT2D eigenvalue weighted by Gasteiger charge is -2.35. The molecule has 1 saturated heterocycles. The summed E-state index contributed by atoms with van der Waals surface area (Å²) in [5.41, 5.74) is 0. The Hall–Kier alpha value is -0.460. The number of nitrogens with zero attached hydrogens (tertiary/aromatic N) is 2. The summed E-state index contributed by atoms with van der Waals surface area (Å²) in [6.07, 6.45) is 5.40. The molecule has 0 atom stereocenters. The summed E-state index contributed by atoms with van der Waals surface area (Å²) < 4.78 is 27.9. The molecule has 0 bridgehead atoms. The zero-order valence-electron chi connectivity index (χ0n) is 11.0. The Balaban J connectivity index is 2.02. The first kappa shape index (κ1) is 14.0. The van der Waals surface area contributed by atoms with E-state index in [0.29, 0.717) is 38.8 Å². The van der Waals surface area contributed by atoms with Crippen molar-refractivity contribution in [1.29, 1.82) is 0 Å². The van der Waals surface area contributed by atoms with Crippen LogP contribution in [0.4, 0.5) is 0 Å². The van der Waals surface area contributed by atoms with Crippen LogP contribution in [-0.4, -0.2) is 49.0 Å². The molecule has 0 N–H and O–H groups in total. The highest BCUT2D eigenvalue weighted by molar-refractivity contribution is 7.86. The van der Waals surface area contributed by atoms with Gasteiger partial charge in [-0.05, 0) is 25.7 Å². The third-order valence-corrected chi connectivity index (χ3v) is 6.08. The van der Waals surface area contributed by atoms with Gasteiger partial charge in [0.05, 0.1) is 0 Å². The second kappa shape index (κ2) is 5.67. The van der Waals surface area contributed by atoms with Gasteiger partial charge in [0.1, 0.15) is 5.78 Å². The quantitative estimate of drug-likeness (QED) is 0.776. The van der Waals surface area contributed by atoms with Crippen LogP contribution < -0.4 is 0 Å². The Kier molecular flexibility index (Phi) is 4.40. The van der Waals surface area contributed by atoms with Crippen LogP contribution in [0.15, 0.2) is 0 Å². The third-order valence-electron chi connectivity index (χ3n) is 4.03. The molecular weight excluding hydrogens is 252 g/mol. The van der Waals surface area contributed by atoms with Crippen LogP contribution in [0.1, 0.15) is 44.9 Å². The molecule has 0 amide bonds. The molecule has 6 heteroatoms. The number of carbonyl (C=O) groups is 1. The van der Waals surface area contributed by atoms with Crippen molar-refractivity contribution in [3.05, 3.63) is 0 Å². The average Bonchev–Trinajstić information content (AvgIpc) is 2.40. The van der Waals surface area contributed by atoms with E-state index >= 15 is 0 Å². The Morgan fingerprint density at radius 3 is 2.22 bits per heavy atom. The maximum atomic E-state index is 12.4. The number of ketones is 1. The molecule has 2 aliphatic rings. The van der Waals surface area contributed by atoms with Gasteiger partial charge in [-0.1, -0.05) is 6.42 Å². The Morgan fingerprint density at radius 2 is 1.67 bits per heavy atom. The van der Waals surface area contributed by atoms with E-state index in [0.717, 1.165) is 19.3 Å². The summed E-state index contributed by atoms with van der Waals surface area (Å²) >= 11 is 0. The fourth-order valence-corrected chi connectivity index (χ4v) is 4.43. The van der Waals surface area contributed by atoms with Crippen LogP contribution in [0, 0.1) is 0 Å². The fourth-order valence-electron chi connectivity index (χ4n) is 2.75. The normalized spacial score (nSPS) is 24.7. The molecular formula is C12H22N2O3S. The number of rotatable bonds is 3. The smallest absolute Gasteiger partial charge is 0.281 e. The van der Waals surface area contributed by atoms with E-state index < -0.39 is 10.2 Å². The van der Waals surface area contributed by atoms with E-state index in [9.17, 15) is 13.2 Å². The van der Waals surface area contributed by atoms with Crippen molar-refractivity contribution in [3.63, 3.8) is 0 Å². The van der Waals surface area contributed by atoms with E-state index in [1.54, 1.807) is 11.4 Å². The topological polar surface area (TPSA) is 57.7 Å². The summed E-state index contributed by atoms with van der Waals surface area (Å²) in [5.74, 6) is 0.259. The van der Waals surface area contributed by atoms with Gasteiger partial charge in [0.25, 0.3) is 10.2 Å². The molecule has 0 aromatic heterocycles. The summed E-state index contributed by atoms with van der Waals surface area (Å²) in [5, 5.41) is 0. The summed E-state index contributed by atoms with van der Waals surface area (Å²) in [7, 11) is -1.67. The number of hydrogen-bond donors (Lipinski definition) is 0. The molecule has 1 aliphatic carbocycles. The fraction of sp³-hybridized carbons (Fsp3) is 0.917. The van der Waals surface area contributed by atoms with Crippen molar-refractivity contribution >= 4 is 16.0 Å². The minimum absolute atomic E-state index is 0.00498. The zero-order valence-corrected chi connectivity index (χ0v) is 11.8. The largest absolute Gasteiger partial charge is 0.300 e. The molecule has 2 fully saturated rings. The second-order valence-electron chi connectivity index (χ2n) is 5.25. The summed E-state index contributed by atoms with van der Waals surface area (Å²) in [4.78, 5) is 11.2. The highest BCUT2D eigenvalue weighted by Gasteiger charge is 2.34. The Bertz CT molecular complexity index is 392. The molecule has 0 aromatic carbocycles. The molecule has 1 saturated carbocycles. The zero-order chi connectivity index (χ0) is 13.2. The highest BCUT2D eigenvalue weighted by atomic mass is 32.2. The SMILES string of the molecule is CN(C1CCC(=O)CC1)S(=O)(=O)N1CCCCC1. The molecule has 18 heavy (non-hydrogen) atoms. The van der Waals surface area contributed by atoms with Crippen LogP contribution >= 0.6 is 0 Å². The maximum Gasteiger partial charge on any atom is 0.281 e. The first-order chi connectivity index (χ1) is 8.51. The van der Waals surface area contributed by atoms with Crippen molar-refractivity contribution in [1.82, 2.24) is 8.61 Å². The van der Waals surface area contributed by atoms with Gasteiger partial charge in [0.2, 0.25) is 0 Å². The maximum absolute atomic E-state index is 12.4.